The maximum atomic E-state index is 10.3. The third-order valence-electron chi connectivity index (χ3n) is 2.51. The van der Waals surface area contributed by atoms with E-state index in [0.717, 1.165) is 23.6 Å². The van der Waals surface area contributed by atoms with E-state index in [1.165, 1.54) is 0 Å². The molecule has 0 saturated carbocycles. The average molecular weight is 483 g/mol. The summed E-state index contributed by atoms with van der Waals surface area (Å²) in [7, 11) is 0. The number of aromatic nitrogens is 1. The van der Waals surface area contributed by atoms with Crippen LogP contribution in [0.3, 0.4) is 0 Å². The Bertz CT molecular complexity index is 562. The summed E-state index contributed by atoms with van der Waals surface area (Å²) >= 11 is 9.09. The molecule has 0 saturated heterocycles. The number of nitrogens with zero attached hydrogens (tertiary/aromatic N) is 1. The Hall–Kier alpha value is 0.0200. The lowest BCUT2D eigenvalue weighted by molar-refractivity contribution is 0.177. The molecular weight excluding hydrogens is 473 g/mol. The normalized spacial score (nSPS) is 12.4. The van der Waals surface area contributed by atoms with Gasteiger partial charge in [-0.1, -0.05) is 15.9 Å². The SMILES string of the molecule is OC(Cc1cncc(Br)c1)c1cc(I)ccc1Br. The predicted molar refractivity (Wildman–Crippen MR) is 87.5 cm³/mol. The van der Waals surface area contributed by atoms with Gasteiger partial charge in [-0.25, -0.2) is 0 Å². The fourth-order valence-electron chi connectivity index (χ4n) is 1.67. The molecule has 1 unspecified atom stereocenters. The molecule has 2 nitrogen and oxygen atoms in total. The number of pyridine rings is 1. The van der Waals surface area contributed by atoms with E-state index in [2.05, 4.69) is 59.4 Å². The van der Waals surface area contributed by atoms with Gasteiger partial charge in [-0.3, -0.25) is 4.98 Å². The maximum Gasteiger partial charge on any atom is 0.0842 e. The molecule has 2 rings (SSSR count). The van der Waals surface area contributed by atoms with Gasteiger partial charge in [0.2, 0.25) is 0 Å². The smallest absolute Gasteiger partial charge is 0.0842 e. The quantitative estimate of drug-likeness (QED) is 0.654. The van der Waals surface area contributed by atoms with Crippen LogP contribution in [0.15, 0.2) is 45.6 Å². The second-order valence-electron chi connectivity index (χ2n) is 3.90. The Kier molecular flexibility index (Phi) is 5.17. The number of rotatable bonds is 3. The highest BCUT2D eigenvalue weighted by molar-refractivity contribution is 14.1. The number of benzene rings is 1. The fraction of sp³-hybridized carbons (Fsp3) is 0.154. The van der Waals surface area contributed by atoms with Crippen LogP contribution in [0.5, 0.6) is 0 Å². The van der Waals surface area contributed by atoms with Crippen molar-refractivity contribution >= 4 is 54.5 Å². The molecule has 1 atom stereocenters. The second kappa shape index (κ2) is 6.45. The summed E-state index contributed by atoms with van der Waals surface area (Å²) in [6, 6.07) is 7.92. The third-order valence-corrected chi connectivity index (χ3v) is 4.33. The van der Waals surface area contributed by atoms with E-state index < -0.39 is 6.10 Å². The standard InChI is InChI=1S/C13H10Br2INO/c14-9-3-8(6-17-7-9)4-13(18)11-5-10(16)1-2-12(11)15/h1-3,5-7,13,18H,4H2. The molecule has 0 aliphatic carbocycles. The van der Waals surface area contributed by atoms with Crippen molar-refractivity contribution in [2.45, 2.75) is 12.5 Å². The van der Waals surface area contributed by atoms with Crippen molar-refractivity contribution in [1.82, 2.24) is 4.98 Å². The molecule has 0 amide bonds. The monoisotopic (exact) mass is 481 g/mol. The van der Waals surface area contributed by atoms with E-state index in [0.29, 0.717) is 6.42 Å². The van der Waals surface area contributed by atoms with Crippen molar-refractivity contribution in [3.05, 3.63) is 60.3 Å². The Morgan fingerprint density at radius 1 is 1.22 bits per heavy atom. The Labute approximate surface area is 136 Å². The minimum Gasteiger partial charge on any atom is -0.388 e. The first-order valence-corrected chi connectivity index (χ1v) is 7.95. The van der Waals surface area contributed by atoms with Gasteiger partial charge >= 0.3 is 0 Å². The van der Waals surface area contributed by atoms with Gasteiger partial charge in [0.1, 0.15) is 0 Å². The van der Waals surface area contributed by atoms with Gasteiger partial charge in [-0.2, -0.15) is 0 Å². The van der Waals surface area contributed by atoms with Crippen LogP contribution in [0.2, 0.25) is 0 Å². The fourth-order valence-corrected chi connectivity index (χ4v) is 3.11. The second-order valence-corrected chi connectivity index (χ2v) is 6.91. The molecule has 94 valence electrons. The van der Waals surface area contributed by atoms with Crippen molar-refractivity contribution in [3.8, 4) is 0 Å². The highest BCUT2D eigenvalue weighted by Gasteiger charge is 2.13. The molecule has 0 bridgehead atoms. The lowest BCUT2D eigenvalue weighted by Crippen LogP contribution is -2.03. The molecule has 0 fully saturated rings. The highest BCUT2D eigenvalue weighted by Crippen LogP contribution is 2.28. The van der Waals surface area contributed by atoms with Crippen LogP contribution >= 0.6 is 54.5 Å². The van der Waals surface area contributed by atoms with Gasteiger partial charge in [-0.05, 0) is 73.9 Å². The minimum atomic E-state index is -0.537. The molecule has 1 heterocycles. The van der Waals surface area contributed by atoms with Crippen molar-refractivity contribution < 1.29 is 5.11 Å². The number of aliphatic hydroxyl groups excluding tert-OH is 1. The molecule has 1 aromatic carbocycles. The van der Waals surface area contributed by atoms with Gasteiger partial charge in [0.25, 0.3) is 0 Å². The minimum absolute atomic E-state index is 0.537. The molecule has 5 heteroatoms. The number of aliphatic hydroxyl groups is 1. The van der Waals surface area contributed by atoms with E-state index in [-0.39, 0.29) is 0 Å². The Balaban J connectivity index is 2.21. The first-order chi connectivity index (χ1) is 8.56. The van der Waals surface area contributed by atoms with Crippen LogP contribution in [0.25, 0.3) is 0 Å². The van der Waals surface area contributed by atoms with Crippen LogP contribution in [-0.2, 0) is 6.42 Å². The third kappa shape index (κ3) is 3.76. The summed E-state index contributed by atoms with van der Waals surface area (Å²) in [6.45, 7) is 0. The number of hydrogen-bond acceptors (Lipinski definition) is 2. The van der Waals surface area contributed by atoms with E-state index in [1.807, 2.05) is 24.3 Å². The van der Waals surface area contributed by atoms with Crippen LogP contribution in [-0.4, -0.2) is 10.1 Å². The van der Waals surface area contributed by atoms with Gasteiger partial charge in [0, 0.05) is 31.3 Å². The molecule has 1 N–H and O–H groups in total. The predicted octanol–water partition coefficient (Wildman–Crippen LogP) is 4.49. The van der Waals surface area contributed by atoms with Crippen molar-refractivity contribution in [3.63, 3.8) is 0 Å². The lowest BCUT2D eigenvalue weighted by atomic mass is 10.0. The molecule has 0 radical (unpaired) electrons. The largest absolute Gasteiger partial charge is 0.388 e. The first-order valence-electron chi connectivity index (χ1n) is 5.28. The Morgan fingerprint density at radius 2 is 2.00 bits per heavy atom. The summed E-state index contributed by atoms with van der Waals surface area (Å²) in [5, 5.41) is 10.3. The van der Waals surface area contributed by atoms with Gasteiger partial charge in [-0.15, -0.1) is 0 Å². The summed E-state index contributed by atoms with van der Waals surface area (Å²) in [6.07, 6.45) is 3.52. The zero-order valence-corrected chi connectivity index (χ0v) is 14.6. The number of hydrogen-bond donors (Lipinski definition) is 1. The van der Waals surface area contributed by atoms with Crippen LogP contribution in [0.1, 0.15) is 17.2 Å². The molecule has 0 aliphatic rings. The van der Waals surface area contributed by atoms with Crippen LogP contribution in [0, 0.1) is 3.57 Å². The topological polar surface area (TPSA) is 33.1 Å². The zero-order valence-electron chi connectivity index (χ0n) is 9.28. The van der Waals surface area contributed by atoms with Crippen molar-refractivity contribution in [2.75, 3.05) is 0 Å². The first kappa shape index (κ1) is 14.4. The molecule has 0 spiro atoms. The van der Waals surface area contributed by atoms with E-state index in [9.17, 15) is 5.11 Å². The Morgan fingerprint density at radius 3 is 2.72 bits per heavy atom. The summed E-state index contributed by atoms with van der Waals surface area (Å²) in [5.41, 5.74) is 1.91. The summed E-state index contributed by atoms with van der Waals surface area (Å²) in [4.78, 5) is 4.10. The van der Waals surface area contributed by atoms with Crippen molar-refractivity contribution in [1.29, 1.82) is 0 Å². The lowest BCUT2D eigenvalue weighted by Gasteiger charge is -2.13. The van der Waals surface area contributed by atoms with E-state index >= 15 is 0 Å². The van der Waals surface area contributed by atoms with Crippen LogP contribution in [0.4, 0.5) is 0 Å². The van der Waals surface area contributed by atoms with E-state index in [4.69, 9.17) is 0 Å². The summed E-state index contributed by atoms with van der Waals surface area (Å²) < 4.78 is 2.96. The molecule has 0 aliphatic heterocycles. The average Bonchev–Trinajstić information content (AvgIpc) is 2.32. The van der Waals surface area contributed by atoms with Gasteiger partial charge in [0.15, 0.2) is 0 Å². The van der Waals surface area contributed by atoms with Gasteiger partial charge in [0.05, 0.1) is 6.10 Å². The molecular formula is C13H10Br2INO. The summed E-state index contributed by atoms with van der Waals surface area (Å²) in [5.74, 6) is 0. The molecule has 18 heavy (non-hydrogen) atoms. The van der Waals surface area contributed by atoms with Gasteiger partial charge < -0.3 is 5.11 Å². The maximum absolute atomic E-state index is 10.3. The zero-order chi connectivity index (χ0) is 13.1. The number of halogens is 3. The molecule has 1 aromatic heterocycles. The van der Waals surface area contributed by atoms with Crippen LogP contribution < -0.4 is 0 Å². The van der Waals surface area contributed by atoms with E-state index in [1.54, 1.807) is 12.4 Å². The van der Waals surface area contributed by atoms with Crippen molar-refractivity contribution in [2.24, 2.45) is 0 Å². The molecule has 2 aromatic rings. The highest BCUT2D eigenvalue weighted by atomic mass is 127.